The van der Waals surface area contributed by atoms with E-state index in [9.17, 15) is 18.0 Å². The molecular formula is C23H28ClF3N2O3. The summed E-state index contributed by atoms with van der Waals surface area (Å²) in [6.45, 7) is 6.46. The molecule has 5 nitrogen and oxygen atoms in total. The van der Waals surface area contributed by atoms with Gasteiger partial charge in [0.2, 0.25) is 0 Å². The fraction of sp³-hybridized carbons (Fsp3) is 0.522. The van der Waals surface area contributed by atoms with Crippen molar-refractivity contribution in [3.05, 3.63) is 46.5 Å². The smallest absolute Gasteiger partial charge is 0.417 e. The summed E-state index contributed by atoms with van der Waals surface area (Å²) in [4.78, 5) is 13.9. The number of hydrogen-bond donors (Lipinski definition) is 1. The number of likely N-dealkylation sites (tertiary alicyclic amines) is 1. The van der Waals surface area contributed by atoms with Crippen LogP contribution < -0.4 is 5.73 Å². The van der Waals surface area contributed by atoms with Gasteiger partial charge in [-0.05, 0) is 51.3 Å². The number of alkyl halides is 3. The molecule has 0 saturated carbocycles. The summed E-state index contributed by atoms with van der Waals surface area (Å²) in [5.41, 5.74) is 4.52. The van der Waals surface area contributed by atoms with Gasteiger partial charge in [0.05, 0.1) is 22.8 Å². The van der Waals surface area contributed by atoms with Crippen molar-refractivity contribution in [2.45, 2.75) is 64.0 Å². The number of hydrogen-bond acceptors (Lipinski definition) is 4. The monoisotopic (exact) mass is 472 g/mol. The number of amides is 1. The molecule has 1 atom stereocenters. The van der Waals surface area contributed by atoms with Crippen LogP contribution in [0.2, 0.25) is 5.02 Å². The molecule has 0 spiro atoms. The summed E-state index contributed by atoms with van der Waals surface area (Å²) in [5, 5.41) is -0.0386. The van der Waals surface area contributed by atoms with E-state index in [1.165, 1.54) is 6.07 Å². The minimum absolute atomic E-state index is 0.0386. The number of nitrogen functional groups attached to an aromatic ring is 1. The van der Waals surface area contributed by atoms with Crippen molar-refractivity contribution in [3.63, 3.8) is 0 Å². The van der Waals surface area contributed by atoms with Crippen LogP contribution in [0.5, 0.6) is 0 Å². The van der Waals surface area contributed by atoms with E-state index in [1.54, 1.807) is 17.1 Å². The minimum atomic E-state index is -4.58. The van der Waals surface area contributed by atoms with Gasteiger partial charge >= 0.3 is 12.3 Å². The molecule has 1 amide bonds. The zero-order valence-corrected chi connectivity index (χ0v) is 19.1. The van der Waals surface area contributed by atoms with E-state index in [4.69, 9.17) is 26.8 Å². The molecule has 9 heteroatoms. The molecule has 176 valence electrons. The number of ether oxygens (including phenoxy) is 2. The van der Waals surface area contributed by atoms with Crippen molar-refractivity contribution >= 4 is 29.0 Å². The highest BCUT2D eigenvalue weighted by Crippen LogP contribution is 2.42. The number of carbonyl (C=O) groups excluding carboxylic acids is 1. The molecule has 0 radical (unpaired) electrons. The summed E-state index contributed by atoms with van der Waals surface area (Å²) in [5.74, 6) is 0. The average Bonchev–Trinajstić information content (AvgIpc) is 2.66. The van der Waals surface area contributed by atoms with Gasteiger partial charge in [-0.1, -0.05) is 29.8 Å². The number of allylic oxidation sites excluding steroid dienone is 2. The van der Waals surface area contributed by atoms with Gasteiger partial charge in [0.15, 0.2) is 0 Å². The Balaban J connectivity index is 1.64. The maximum atomic E-state index is 13.6. The first-order valence-corrected chi connectivity index (χ1v) is 10.9. The molecule has 1 aliphatic heterocycles. The predicted molar refractivity (Wildman–Crippen MR) is 118 cm³/mol. The van der Waals surface area contributed by atoms with Crippen molar-refractivity contribution in [3.8, 4) is 0 Å². The van der Waals surface area contributed by atoms with Crippen LogP contribution >= 0.6 is 11.6 Å². The van der Waals surface area contributed by atoms with Gasteiger partial charge in [0.25, 0.3) is 0 Å². The summed E-state index contributed by atoms with van der Waals surface area (Å²) in [6.07, 6.45) is 1.21. The fourth-order valence-electron chi connectivity index (χ4n) is 3.85. The first-order valence-electron chi connectivity index (χ1n) is 10.5. The summed E-state index contributed by atoms with van der Waals surface area (Å²) in [7, 11) is 0. The Morgan fingerprint density at radius 3 is 2.44 bits per heavy atom. The molecule has 2 N–H and O–H groups in total. The highest BCUT2D eigenvalue weighted by molar-refractivity contribution is 6.32. The summed E-state index contributed by atoms with van der Waals surface area (Å²) >= 11 is 6.17. The number of nitrogens with two attached hydrogens (primary N) is 1. The number of nitrogens with zero attached hydrogens (tertiary/aromatic N) is 1. The Morgan fingerprint density at radius 2 is 1.84 bits per heavy atom. The number of rotatable bonds is 3. The largest absolute Gasteiger partial charge is 0.444 e. The third-order valence-corrected chi connectivity index (χ3v) is 5.54. The second-order valence-electron chi connectivity index (χ2n) is 9.05. The SMILES string of the molecule is CC(C)(C)OC(=O)N1CCC(OC2C=CC=C(c3c(Cl)cc(N)cc3C(F)(F)F)C2)CC1. The van der Waals surface area contributed by atoms with Crippen molar-refractivity contribution in [2.24, 2.45) is 0 Å². The molecule has 1 aromatic carbocycles. The van der Waals surface area contributed by atoms with E-state index in [2.05, 4.69) is 0 Å². The maximum Gasteiger partial charge on any atom is 0.417 e. The lowest BCUT2D eigenvalue weighted by atomic mass is 9.91. The molecule has 1 aromatic rings. The van der Waals surface area contributed by atoms with Gasteiger partial charge in [-0.3, -0.25) is 0 Å². The molecular weight excluding hydrogens is 445 g/mol. The number of halogens is 4. The Hall–Kier alpha value is -2.19. The standard InChI is InChI=1S/C23H28ClF3N2O3/c1-22(2,3)32-21(30)29-9-7-16(8-10-29)31-17-6-4-5-14(11-17)20-18(23(25,26)27)12-15(28)13-19(20)24/h4-6,12-13,16-17H,7-11,28H2,1-3H3. The van der Waals surface area contributed by atoms with Gasteiger partial charge in [0.1, 0.15) is 5.60 Å². The normalized spacial score (nSPS) is 20.3. The Labute approximate surface area is 191 Å². The first-order chi connectivity index (χ1) is 14.8. The molecule has 32 heavy (non-hydrogen) atoms. The molecule has 1 aliphatic carbocycles. The van der Waals surface area contributed by atoms with E-state index >= 15 is 0 Å². The van der Waals surface area contributed by atoms with Gasteiger partial charge in [0, 0.05) is 30.8 Å². The number of anilines is 1. The molecule has 0 bridgehead atoms. The van der Waals surface area contributed by atoms with E-state index in [1.807, 2.05) is 26.8 Å². The summed E-state index contributed by atoms with van der Waals surface area (Å²) < 4.78 is 52.4. The van der Waals surface area contributed by atoms with Crippen LogP contribution in [0.1, 0.15) is 51.2 Å². The zero-order chi connectivity index (χ0) is 23.7. The molecule has 3 rings (SSSR count). The van der Waals surface area contributed by atoms with Crippen molar-refractivity contribution in [1.29, 1.82) is 0 Å². The number of piperidine rings is 1. The fourth-order valence-corrected chi connectivity index (χ4v) is 4.20. The van der Waals surface area contributed by atoms with Gasteiger partial charge in [-0.25, -0.2) is 4.79 Å². The minimum Gasteiger partial charge on any atom is -0.444 e. The topological polar surface area (TPSA) is 64.8 Å². The van der Waals surface area contributed by atoms with Crippen LogP contribution in [0.15, 0.2) is 30.4 Å². The lowest BCUT2D eigenvalue weighted by Crippen LogP contribution is -2.44. The third kappa shape index (κ3) is 6.19. The van der Waals surface area contributed by atoms with E-state index in [0.29, 0.717) is 31.5 Å². The molecule has 2 aliphatic rings. The Bertz CT molecular complexity index is 914. The van der Waals surface area contributed by atoms with Crippen molar-refractivity contribution in [2.75, 3.05) is 18.8 Å². The van der Waals surface area contributed by atoms with Crippen LogP contribution in [0.3, 0.4) is 0 Å². The summed E-state index contributed by atoms with van der Waals surface area (Å²) in [6, 6.07) is 2.23. The quantitative estimate of drug-likeness (QED) is 0.542. The lowest BCUT2D eigenvalue weighted by Gasteiger charge is -2.35. The van der Waals surface area contributed by atoms with Gasteiger partial charge < -0.3 is 20.1 Å². The third-order valence-electron chi connectivity index (χ3n) is 5.24. The second kappa shape index (κ2) is 9.35. The molecule has 1 fully saturated rings. The average molecular weight is 473 g/mol. The maximum absolute atomic E-state index is 13.6. The lowest BCUT2D eigenvalue weighted by molar-refractivity contribution is -0.137. The first kappa shape index (κ1) is 24.5. The highest BCUT2D eigenvalue weighted by atomic mass is 35.5. The van der Waals surface area contributed by atoms with Gasteiger partial charge in [-0.15, -0.1) is 0 Å². The zero-order valence-electron chi connectivity index (χ0n) is 18.3. The van der Waals surface area contributed by atoms with Crippen LogP contribution in [0.25, 0.3) is 5.57 Å². The highest BCUT2D eigenvalue weighted by Gasteiger charge is 2.36. The Kier molecular flexibility index (Phi) is 7.15. The van der Waals surface area contributed by atoms with E-state index in [-0.39, 0.29) is 41.0 Å². The van der Waals surface area contributed by atoms with E-state index in [0.717, 1.165) is 6.07 Å². The van der Waals surface area contributed by atoms with Crippen molar-refractivity contribution in [1.82, 2.24) is 4.90 Å². The molecule has 1 unspecified atom stereocenters. The second-order valence-corrected chi connectivity index (χ2v) is 9.45. The Morgan fingerprint density at radius 1 is 1.19 bits per heavy atom. The van der Waals surface area contributed by atoms with Gasteiger partial charge in [-0.2, -0.15) is 13.2 Å². The van der Waals surface area contributed by atoms with E-state index < -0.39 is 17.3 Å². The van der Waals surface area contributed by atoms with Crippen LogP contribution in [-0.4, -0.2) is 41.9 Å². The van der Waals surface area contributed by atoms with Crippen LogP contribution in [0.4, 0.5) is 23.7 Å². The van der Waals surface area contributed by atoms with Crippen LogP contribution in [-0.2, 0) is 15.7 Å². The van der Waals surface area contributed by atoms with Crippen molar-refractivity contribution < 1.29 is 27.4 Å². The molecule has 0 aromatic heterocycles. The van der Waals surface area contributed by atoms with Crippen LogP contribution in [0, 0.1) is 0 Å². The number of carbonyl (C=O) groups is 1. The molecule has 1 heterocycles. The molecule has 1 saturated heterocycles. The number of benzene rings is 1. The predicted octanol–water partition coefficient (Wildman–Crippen LogP) is 6.07.